The molecule has 8 nitrogen and oxygen atoms in total. The summed E-state index contributed by atoms with van der Waals surface area (Å²) in [4.78, 5) is 14.9. The van der Waals surface area contributed by atoms with E-state index in [0.29, 0.717) is 19.0 Å². The van der Waals surface area contributed by atoms with Crippen molar-refractivity contribution in [2.45, 2.75) is 29.8 Å². The maximum absolute atomic E-state index is 12.7. The molecule has 0 radical (unpaired) electrons. The lowest BCUT2D eigenvalue weighted by atomic mass is 10.1. The van der Waals surface area contributed by atoms with Gasteiger partial charge in [-0.1, -0.05) is 0 Å². The third-order valence-electron chi connectivity index (χ3n) is 4.72. The number of primary sulfonamides is 1. The lowest BCUT2D eigenvalue weighted by Gasteiger charge is -2.28. The fourth-order valence-electron chi connectivity index (χ4n) is 3.40. The normalized spacial score (nSPS) is 24.4. The number of carbonyl (C=O) groups excluding carboxylic acids is 1. The van der Waals surface area contributed by atoms with Crippen LogP contribution in [-0.2, 0) is 14.8 Å². The highest BCUT2D eigenvalue weighted by Gasteiger charge is 2.35. The van der Waals surface area contributed by atoms with Crippen molar-refractivity contribution in [2.75, 3.05) is 33.4 Å². The van der Waals surface area contributed by atoms with Crippen molar-refractivity contribution in [3.63, 3.8) is 0 Å². The number of nitrogens with one attached hydrogen (secondary N) is 1. The number of carbonyl (C=O) groups is 1. The molecular formula is C16H23N3O5S. The number of nitrogens with two attached hydrogens (primary N) is 1. The first-order valence-electron chi connectivity index (χ1n) is 8.23. The number of nitrogens with zero attached hydrogens (tertiary/aromatic N) is 1. The largest absolute Gasteiger partial charge is 0.496 e. The Balaban J connectivity index is 1.80. The van der Waals surface area contributed by atoms with Crippen molar-refractivity contribution in [1.82, 2.24) is 10.2 Å². The Labute approximate surface area is 147 Å². The Bertz CT molecular complexity index is 746. The summed E-state index contributed by atoms with van der Waals surface area (Å²) in [6.45, 7) is 3.03. The average molecular weight is 369 g/mol. The van der Waals surface area contributed by atoms with Gasteiger partial charge in [0.05, 0.1) is 42.9 Å². The number of sulfonamides is 1. The molecule has 0 aliphatic carbocycles. The van der Waals surface area contributed by atoms with Crippen LogP contribution < -0.4 is 15.2 Å². The highest BCUT2D eigenvalue weighted by molar-refractivity contribution is 7.89. The van der Waals surface area contributed by atoms with E-state index in [1.165, 1.54) is 25.3 Å². The monoisotopic (exact) mass is 369 g/mol. The summed E-state index contributed by atoms with van der Waals surface area (Å²) in [5, 5.41) is 8.11. The fourth-order valence-corrected chi connectivity index (χ4v) is 3.94. The first kappa shape index (κ1) is 18.1. The fraction of sp³-hybridized carbons (Fsp3) is 0.562. The molecule has 0 unspecified atom stereocenters. The number of hydrogen-bond donors (Lipinski definition) is 2. The van der Waals surface area contributed by atoms with Crippen LogP contribution in [0.5, 0.6) is 5.75 Å². The highest BCUT2D eigenvalue weighted by atomic mass is 32.2. The molecular weight excluding hydrogens is 346 g/mol. The summed E-state index contributed by atoms with van der Waals surface area (Å²) >= 11 is 0. The molecule has 0 aromatic heterocycles. The second-order valence-electron chi connectivity index (χ2n) is 6.33. The zero-order valence-electron chi connectivity index (χ0n) is 14.1. The van der Waals surface area contributed by atoms with Gasteiger partial charge in [-0.3, -0.25) is 9.69 Å². The van der Waals surface area contributed by atoms with Gasteiger partial charge in [0, 0.05) is 0 Å². The minimum absolute atomic E-state index is 0.128. The van der Waals surface area contributed by atoms with Crippen LogP contribution in [0.4, 0.5) is 0 Å². The minimum atomic E-state index is -3.90. The number of rotatable bonds is 5. The molecule has 1 aromatic carbocycles. The van der Waals surface area contributed by atoms with Gasteiger partial charge in [-0.05, 0) is 44.1 Å². The van der Waals surface area contributed by atoms with Gasteiger partial charge >= 0.3 is 0 Å². The smallest absolute Gasteiger partial charge is 0.255 e. The van der Waals surface area contributed by atoms with Crippen molar-refractivity contribution >= 4 is 15.9 Å². The summed E-state index contributed by atoms with van der Waals surface area (Å²) < 4.78 is 33.8. The molecule has 0 saturated carbocycles. The predicted octanol–water partition coefficient (Wildman–Crippen LogP) is -0.0644. The number of amides is 1. The Morgan fingerprint density at radius 3 is 2.68 bits per heavy atom. The van der Waals surface area contributed by atoms with Gasteiger partial charge in [0.2, 0.25) is 10.0 Å². The van der Waals surface area contributed by atoms with E-state index in [4.69, 9.17) is 14.6 Å². The number of likely N-dealkylation sites (tertiary alicyclic amines) is 1. The SMILES string of the molecule is COc1ccc(S(N)(=O)=O)cc1C(=O)N[C@H]1COC[C@@H]1N1CCCC1. The molecule has 9 heteroatoms. The molecule has 2 heterocycles. The van der Waals surface area contributed by atoms with Gasteiger partial charge in [0.15, 0.2) is 0 Å². The molecule has 138 valence electrons. The first-order chi connectivity index (χ1) is 11.9. The lowest BCUT2D eigenvalue weighted by Crippen LogP contribution is -2.50. The van der Waals surface area contributed by atoms with E-state index in [9.17, 15) is 13.2 Å². The van der Waals surface area contributed by atoms with Crippen LogP contribution in [0, 0.1) is 0 Å². The highest BCUT2D eigenvalue weighted by Crippen LogP contribution is 2.24. The van der Waals surface area contributed by atoms with E-state index in [2.05, 4.69) is 10.2 Å². The Morgan fingerprint density at radius 2 is 2.04 bits per heavy atom. The van der Waals surface area contributed by atoms with Gasteiger partial charge in [-0.15, -0.1) is 0 Å². The van der Waals surface area contributed by atoms with Gasteiger partial charge < -0.3 is 14.8 Å². The molecule has 2 atom stereocenters. The van der Waals surface area contributed by atoms with Crippen molar-refractivity contribution in [2.24, 2.45) is 5.14 Å². The second-order valence-corrected chi connectivity index (χ2v) is 7.90. The second kappa shape index (κ2) is 7.28. The van der Waals surface area contributed by atoms with Gasteiger partial charge in [0.25, 0.3) is 5.91 Å². The maximum atomic E-state index is 12.7. The maximum Gasteiger partial charge on any atom is 0.255 e. The Morgan fingerprint density at radius 1 is 1.32 bits per heavy atom. The van der Waals surface area contributed by atoms with E-state index in [1.807, 2.05) is 0 Å². The van der Waals surface area contributed by atoms with Crippen LogP contribution in [0.1, 0.15) is 23.2 Å². The summed E-state index contributed by atoms with van der Waals surface area (Å²) in [7, 11) is -2.48. The number of methoxy groups -OCH3 is 1. The minimum Gasteiger partial charge on any atom is -0.496 e. The Kier molecular flexibility index (Phi) is 5.28. The predicted molar refractivity (Wildman–Crippen MR) is 91.0 cm³/mol. The van der Waals surface area contributed by atoms with E-state index in [-0.39, 0.29) is 22.5 Å². The molecule has 1 amide bonds. The van der Waals surface area contributed by atoms with Crippen LogP contribution >= 0.6 is 0 Å². The molecule has 2 saturated heterocycles. The zero-order chi connectivity index (χ0) is 18.0. The third kappa shape index (κ3) is 3.95. The summed E-state index contributed by atoms with van der Waals surface area (Å²) in [6.07, 6.45) is 2.31. The topological polar surface area (TPSA) is 111 Å². The van der Waals surface area contributed by atoms with Crippen molar-refractivity contribution in [1.29, 1.82) is 0 Å². The third-order valence-corrected chi connectivity index (χ3v) is 5.63. The van der Waals surface area contributed by atoms with Gasteiger partial charge in [-0.25, -0.2) is 13.6 Å². The van der Waals surface area contributed by atoms with Crippen molar-refractivity contribution in [3.8, 4) is 5.75 Å². The molecule has 2 fully saturated rings. The number of hydrogen-bond acceptors (Lipinski definition) is 6. The summed E-state index contributed by atoms with van der Waals surface area (Å²) in [5.74, 6) is -0.108. The first-order valence-corrected chi connectivity index (χ1v) is 9.78. The van der Waals surface area contributed by atoms with Crippen LogP contribution in [-0.4, -0.2) is 64.7 Å². The summed E-state index contributed by atoms with van der Waals surface area (Å²) in [5.41, 5.74) is 0.140. The van der Waals surface area contributed by atoms with E-state index >= 15 is 0 Å². The number of benzene rings is 1. The van der Waals surface area contributed by atoms with Crippen molar-refractivity contribution < 1.29 is 22.7 Å². The molecule has 2 aliphatic rings. The molecule has 2 aliphatic heterocycles. The number of ether oxygens (including phenoxy) is 2. The Hall–Kier alpha value is -1.68. The van der Waals surface area contributed by atoms with Crippen LogP contribution in [0.3, 0.4) is 0 Å². The van der Waals surface area contributed by atoms with Crippen LogP contribution in [0.2, 0.25) is 0 Å². The molecule has 0 bridgehead atoms. The van der Waals surface area contributed by atoms with Crippen LogP contribution in [0.15, 0.2) is 23.1 Å². The molecule has 3 N–H and O–H groups in total. The molecule has 0 spiro atoms. The van der Waals surface area contributed by atoms with E-state index in [1.54, 1.807) is 0 Å². The van der Waals surface area contributed by atoms with Crippen LogP contribution in [0.25, 0.3) is 0 Å². The zero-order valence-corrected chi connectivity index (χ0v) is 14.9. The van der Waals surface area contributed by atoms with E-state index < -0.39 is 15.9 Å². The van der Waals surface area contributed by atoms with Gasteiger partial charge in [0.1, 0.15) is 5.75 Å². The molecule has 3 rings (SSSR count). The molecule has 25 heavy (non-hydrogen) atoms. The van der Waals surface area contributed by atoms with E-state index in [0.717, 1.165) is 25.9 Å². The summed E-state index contributed by atoms with van der Waals surface area (Å²) in [6, 6.07) is 3.98. The molecule has 1 aromatic rings. The van der Waals surface area contributed by atoms with Gasteiger partial charge in [-0.2, -0.15) is 0 Å². The van der Waals surface area contributed by atoms with Crippen molar-refractivity contribution in [3.05, 3.63) is 23.8 Å². The lowest BCUT2D eigenvalue weighted by molar-refractivity contribution is 0.0913. The standard InChI is InChI=1S/C16H23N3O5S/c1-23-15-5-4-11(25(17,21)22)8-12(15)16(20)18-13-9-24-10-14(13)19-6-2-3-7-19/h4-5,8,13-14H,2-3,6-7,9-10H2,1H3,(H,18,20)(H2,17,21,22)/t13-,14-/m0/s1. The quantitative estimate of drug-likeness (QED) is 0.752. The average Bonchev–Trinajstić information content (AvgIpc) is 3.24.